The van der Waals surface area contributed by atoms with Crippen molar-refractivity contribution in [1.82, 2.24) is 4.90 Å². The van der Waals surface area contributed by atoms with Gasteiger partial charge in [-0.2, -0.15) is 0 Å². The van der Waals surface area contributed by atoms with Crippen molar-refractivity contribution in [3.8, 4) is 0 Å². The van der Waals surface area contributed by atoms with E-state index >= 15 is 0 Å². The van der Waals surface area contributed by atoms with Gasteiger partial charge in [0, 0.05) is 24.6 Å². The fourth-order valence-electron chi connectivity index (χ4n) is 4.19. The second-order valence-electron chi connectivity index (χ2n) is 8.01. The molecule has 3 rings (SSSR count). The summed E-state index contributed by atoms with van der Waals surface area (Å²) in [6.07, 6.45) is 9.93. The molecule has 0 bridgehead atoms. The Morgan fingerprint density at radius 1 is 1.10 bits per heavy atom. The fourth-order valence-corrected chi connectivity index (χ4v) is 4.19. The molecule has 1 aromatic carbocycles. The Bertz CT molecular complexity index is 855. The van der Waals surface area contributed by atoms with Gasteiger partial charge in [0.1, 0.15) is 19.0 Å². The smallest absolute Gasteiger partial charge is 0.307 e. The average molecular weight is 410 g/mol. The Balaban J connectivity index is 2.04. The highest BCUT2D eigenvalue weighted by atomic mass is 16.5. The number of allylic oxidation sites excluding steroid dienone is 5. The van der Waals surface area contributed by atoms with E-state index in [1.54, 1.807) is 0 Å². The van der Waals surface area contributed by atoms with Gasteiger partial charge in [0.05, 0.1) is 5.54 Å². The van der Waals surface area contributed by atoms with E-state index in [9.17, 15) is 4.79 Å². The lowest BCUT2D eigenvalue weighted by molar-refractivity contribution is -0.547. The third kappa shape index (κ3) is 4.97. The van der Waals surface area contributed by atoms with Crippen LogP contribution in [0.2, 0.25) is 0 Å². The van der Waals surface area contributed by atoms with Crippen LogP contribution in [0.25, 0.3) is 0 Å². The molecular formula is C25H33N2O3+. The van der Waals surface area contributed by atoms with Gasteiger partial charge < -0.3 is 9.47 Å². The molecule has 0 radical (unpaired) electrons. The van der Waals surface area contributed by atoms with Gasteiger partial charge in [-0.05, 0) is 44.7 Å². The number of carbonyl (C=O) groups excluding carboxylic acids is 1. The molecule has 1 heterocycles. The number of rotatable bonds is 6. The molecule has 160 valence electrons. The number of benzene rings is 1. The van der Waals surface area contributed by atoms with E-state index in [-0.39, 0.29) is 5.97 Å². The summed E-state index contributed by atoms with van der Waals surface area (Å²) in [6.45, 7) is 6.91. The summed E-state index contributed by atoms with van der Waals surface area (Å²) in [5.41, 5.74) is 2.88. The summed E-state index contributed by atoms with van der Waals surface area (Å²) in [5.74, 6) is 0.412. The van der Waals surface area contributed by atoms with Crippen LogP contribution in [0.1, 0.15) is 25.8 Å². The van der Waals surface area contributed by atoms with Gasteiger partial charge in [-0.15, -0.1) is 0 Å². The summed E-state index contributed by atoms with van der Waals surface area (Å²) >= 11 is 0. The number of likely N-dealkylation sites (N-methyl/N-ethyl adjacent to an activating group) is 1. The van der Waals surface area contributed by atoms with Crippen LogP contribution in [0.4, 0.5) is 0 Å². The monoisotopic (exact) mass is 409 g/mol. The van der Waals surface area contributed by atoms with E-state index in [0.29, 0.717) is 5.76 Å². The van der Waals surface area contributed by atoms with Crippen molar-refractivity contribution in [3.05, 3.63) is 71.5 Å². The molecule has 0 saturated carbocycles. The van der Waals surface area contributed by atoms with Crippen molar-refractivity contribution in [2.45, 2.75) is 32.2 Å². The molecule has 1 aliphatic heterocycles. The van der Waals surface area contributed by atoms with Crippen LogP contribution < -0.4 is 0 Å². The number of hydrogen-bond donors (Lipinski definition) is 0. The number of nitrogens with zero attached hydrogens (tertiary/aromatic N) is 2. The summed E-state index contributed by atoms with van der Waals surface area (Å²) in [6, 6.07) is 10.4. The Hall–Kier alpha value is -2.50. The first-order valence-corrected chi connectivity index (χ1v) is 10.7. The molecule has 30 heavy (non-hydrogen) atoms. The first kappa shape index (κ1) is 22.2. The predicted octanol–water partition coefficient (Wildman–Crippen LogP) is 3.37. The van der Waals surface area contributed by atoms with Crippen molar-refractivity contribution in [2.24, 2.45) is 0 Å². The number of morpholine rings is 1. The van der Waals surface area contributed by atoms with Crippen molar-refractivity contribution in [2.75, 3.05) is 40.4 Å². The molecule has 2 aliphatic rings. The minimum absolute atomic E-state index is 0.296. The minimum Gasteiger partial charge on any atom is -0.429 e. The Morgan fingerprint density at radius 3 is 2.27 bits per heavy atom. The van der Waals surface area contributed by atoms with Crippen LogP contribution in [0.3, 0.4) is 0 Å². The molecule has 0 aromatic heterocycles. The second-order valence-corrected chi connectivity index (χ2v) is 8.01. The zero-order valence-electron chi connectivity index (χ0n) is 18.6. The number of esters is 1. The zero-order valence-corrected chi connectivity index (χ0v) is 18.6. The minimum atomic E-state index is -0.437. The van der Waals surface area contributed by atoms with E-state index in [1.165, 1.54) is 18.2 Å². The Labute approximate surface area is 180 Å². The van der Waals surface area contributed by atoms with Gasteiger partial charge in [-0.1, -0.05) is 37.3 Å². The lowest BCUT2D eigenvalue weighted by Crippen LogP contribution is -2.49. The van der Waals surface area contributed by atoms with Crippen molar-refractivity contribution in [1.29, 1.82) is 0 Å². The van der Waals surface area contributed by atoms with Crippen LogP contribution in [-0.2, 0) is 20.7 Å². The summed E-state index contributed by atoms with van der Waals surface area (Å²) < 4.78 is 13.7. The highest BCUT2D eigenvalue weighted by Crippen LogP contribution is 2.35. The fraction of sp³-hybridized carbons (Fsp3) is 0.440. The third-order valence-electron chi connectivity index (χ3n) is 5.95. The van der Waals surface area contributed by atoms with Gasteiger partial charge >= 0.3 is 5.97 Å². The SMILES string of the molecule is CCC(Cc1ccccc1)(C(OC(C)=O)=C1C=CC(=[N+]2CCOCC2)C=C1)N(C)C. The van der Waals surface area contributed by atoms with Crippen molar-refractivity contribution in [3.63, 3.8) is 0 Å². The maximum Gasteiger partial charge on any atom is 0.307 e. The predicted molar refractivity (Wildman–Crippen MR) is 120 cm³/mol. The van der Waals surface area contributed by atoms with E-state index in [1.807, 2.05) is 18.2 Å². The van der Waals surface area contributed by atoms with E-state index in [2.05, 4.69) is 66.9 Å². The summed E-state index contributed by atoms with van der Waals surface area (Å²) in [4.78, 5) is 14.3. The van der Waals surface area contributed by atoms with E-state index in [4.69, 9.17) is 9.47 Å². The van der Waals surface area contributed by atoms with E-state index < -0.39 is 5.54 Å². The Morgan fingerprint density at radius 2 is 1.73 bits per heavy atom. The highest BCUT2D eigenvalue weighted by molar-refractivity contribution is 6.02. The highest BCUT2D eigenvalue weighted by Gasteiger charge is 2.39. The summed E-state index contributed by atoms with van der Waals surface area (Å²) in [5, 5.41) is 0. The quantitative estimate of drug-likeness (QED) is 0.410. The van der Waals surface area contributed by atoms with Crippen molar-refractivity contribution >= 4 is 11.7 Å². The maximum absolute atomic E-state index is 12.1. The van der Waals surface area contributed by atoms with Gasteiger partial charge in [-0.3, -0.25) is 9.69 Å². The van der Waals surface area contributed by atoms with Crippen LogP contribution in [0.5, 0.6) is 0 Å². The van der Waals surface area contributed by atoms with E-state index in [0.717, 1.165) is 44.7 Å². The molecule has 0 spiro atoms. The number of ether oxygens (including phenoxy) is 2. The molecule has 1 atom stereocenters. The number of carbonyl (C=O) groups is 1. The molecule has 0 N–H and O–H groups in total. The van der Waals surface area contributed by atoms with Gasteiger partial charge in [0.2, 0.25) is 0 Å². The number of hydrogen-bond acceptors (Lipinski definition) is 4. The first-order valence-electron chi connectivity index (χ1n) is 10.7. The van der Waals surface area contributed by atoms with Crippen LogP contribution >= 0.6 is 0 Å². The van der Waals surface area contributed by atoms with Crippen molar-refractivity contribution < 1.29 is 18.8 Å². The molecule has 1 aliphatic carbocycles. The maximum atomic E-state index is 12.1. The molecule has 5 nitrogen and oxygen atoms in total. The molecule has 5 heteroatoms. The molecule has 1 unspecified atom stereocenters. The van der Waals surface area contributed by atoms with Crippen LogP contribution in [-0.4, -0.2) is 67.1 Å². The third-order valence-corrected chi connectivity index (χ3v) is 5.95. The molecule has 1 fully saturated rings. The largest absolute Gasteiger partial charge is 0.429 e. The van der Waals surface area contributed by atoms with Crippen LogP contribution in [0.15, 0.2) is 66.0 Å². The van der Waals surface area contributed by atoms with Gasteiger partial charge in [0.15, 0.2) is 18.8 Å². The van der Waals surface area contributed by atoms with Crippen LogP contribution in [0, 0.1) is 0 Å². The lowest BCUT2D eigenvalue weighted by atomic mass is 9.82. The van der Waals surface area contributed by atoms with Gasteiger partial charge in [0.25, 0.3) is 0 Å². The average Bonchev–Trinajstić information content (AvgIpc) is 2.77. The first-order chi connectivity index (χ1) is 14.5. The second kappa shape index (κ2) is 10.0. The standard InChI is InChI=1S/C25H33N2O3/c1-5-25(26(3)4,19-21-9-7-6-8-10-21)24(30-20(2)28)22-11-13-23(14-12-22)27-15-17-29-18-16-27/h6-14H,5,15-19H2,1-4H3/q+1. The normalized spacial score (nSPS) is 18.5. The molecular weight excluding hydrogens is 376 g/mol. The molecule has 1 saturated heterocycles. The zero-order chi connectivity index (χ0) is 21.6. The van der Waals surface area contributed by atoms with Gasteiger partial charge in [-0.25, -0.2) is 4.58 Å². The molecule has 0 amide bonds. The Kier molecular flexibility index (Phi) is 7.40. The molecule has 1 aromatic rings. The topological polar surface area (TPSA) is 41.8 Å². The summed E-state index contributed by atoms with van der Waals surface area (Å²) in [7, 11) is 4.11. The lowest BCUT2D eigenvalue weighted by Gasteiger charge is -2.41.